The van der Waals surface area contributed by atoms with Crippen LogP contribution in [0.15, 0.2) is 72.8 Å². The molecular weight excluding hydrogens is 705 g/mol. The van der Waals surface area contributed by atoms with Crippen LogP contribution in [0.4, 0.5) is 0 Å². The van der Waals surface area contributed by atoms with E-state index in [2.05, 4.69) is 47.6 Å². The van der Waals surface area contributed by atoms with Crippen LogP contribution in [0.5, 0.6) is 0 Å². The maximum absolute atomic E-state index is 14.3. The standard InChI is InChI=1S/C48H44O8/c1-21(2)26-15-11-19-28(32(26)23(5)6)35-36-30-17-9-13-25-14-10-18-31(34(25)30)38-39(36)40(43(47(53)54)44(48(55)56)42(38)46(51)52)41(45(49)50)37(35)29-20-12-16-27(22(3)4)33(29)24(7)8/h9-24H,1-8H3,(H,49,50)(H,51,52)(H,53,54)(H,55,56). The van der Waals surface area contributed by atoms with E-state index in [0.29, 0.717) is 32.7 Å². The first-order valence-electron chi connectivity index (χ1n) is 19.0. The number of fused-ring (bicyclic) bond motifs is 2. The van der Waals surface area contributed by atoms with E-state index in [1.807, 2.05) is 68.4 Å². The van der Waals surface area contributed by atoms with E-state index in [4.69, 9.17) is 0 Å². The first-order chi connectivity index (χ1) is 26.5. The molecule has 0 bridgehead atoms. The number of hydrogen-bond acceptors (Lipinski definition) is 4. The lowest BCUT2D eigenvalue weighted by atomic mass is 9.72. The SMILES string of the molecule is CC(C)c1cccc(-c2c(C(=O)O)c3c(C(=O)O)c(C(=O)O)c(C(=O)O)c4c5cccc6cccc(c(c2-c2cccc(C(C)C)c2C(C)C)c34)c65)c1C(C)C. The van der Waals surface area contributed by atoms with E-state index in [0.717, 1.165) is 33.2 Å². The minimum Gasteiger partial charge on any atom is -0.478 e. The molecule has 284 valence electrons. The smallest absolute Gasteiger partial charge is 0.337 e. The molecule has 0 aliphatic carbocycles. The zero-order valence-electron chi connectivity index (χ0n) is 32.7. The van der Waals surface area contributed by atoms with Gasteiger partial charge in [-0.05, 0) is 89.5 Å². The maximum Gasteiger partial charge on any atom is 0.337 e. The molecule has 0 spiro atoms. The van der Waals surface area contributed by atoms with Crippen molar-refractivity contribution in [3.8, 4) is 22.3 Å². The summed E-state index contributed by atoms with van der Waals surface area (Å²) in [4.78, 5) is 54.6. The predicted molar refractivity (Wildman–Crippen MR) is 223 cm³/mol. The van der Waals surface area contributed by atoms with Crippen LogP contribution in [0.1, 0.15) is 143 Å². The summed E-state index contributed by atoms with van der Waals surface area (Å²) in [6.07, 6.45) is 0. The highest BCUT2D eigenvalue weighted by molar-refractivity contribution is 6.43. The number of hydrogen-bond donors (Lipinski definition) is 4. The van der Waals surface area contributed by atoms with Gasteiger partial charge in [0.2, 0.25) is 0 Å². The van der Waals surface area contributed by atoms with Crippen LogP contribution in [0.25, 0.3) is 65.3 Å². The van der Waals surface area contributed by atoms with Crippen molar-refractivity contribution in [2.24, 2.45) is 0 Å². The lowest BCUT2D eigenvalue weighted by Gasteiger charge is -2.30. The molecule has 0 heterocycles. The Kier molecular flexibility index (Phi) is 9.36. The third-order valence-corrected chi connectivity index (χ3v) is 11.3. The number of rotatable bonds is 10. The summed E-state index contributed by atoms with van der Waals surface area (Å²) in [6, 6.07) is 22.7. The van der Waals surface area contributed by atoms with Crippen LogP contribution in [0, 0.1) is 0 Å². The quantitative estimate of drug-likeness (QED) is 0.0797. The molecule has 7 aromatic rings. The Balaban J connectivity index is 2.04. The van der Waals surface area contributed by atoms with E-state index >= 15 is 0 Å². The van der Waals surface area contributed by atoms with Crippen LogP contribution >= 0.6 is 0 Å². The van der Waals surface area contributed by atoms with E-state index in [-0.39, 0.29) is 45.4 Å². The molecule has 0 saturated carbocycles. The molecular formula is C48H44O8. The number of carboxylic acids is 4. The second kappa shape index (κ2) is 13.8. The summed E-state index contributed by atoms with van der Waals surface area (Å²) < 4.78 is 0. The van der Waals surface area contributed by atoms with Gasteiger partial charge in [-0.3, -0.25) is 0 Å². The molecule has 0 fully saturated rings. The van der Waals surface area contributed by atoms with Gasteiger partial charge in [0.05, 0.1) is 22.3 Å². The Morgan fingerprint density at radius 2 is 0.804 bits per heavy atom. The third-order valence-electron chi connectivity index (χ3n) is 11.3. The summed E-state index contributed by atoms with van der Waals surface area (Å²) in [5, 5.41) is 47.0. The van der Waals surface area contributed by atoms with Crippen LogP contribution in [0.3, 0.4) is 0 Å². The highest BCUT2D eigenvalue weighted by Crippen LogP contribution is 2.55. The largest absolute Gasteiger partial charge is 0.478 e. The molecule has 0 aliphatic heterocycles. The second-order valence-electron chi connectivity index (χ2n) is 15.9. The van der Waals surface area contributed by atoms with Gasteiger partial charge in [0, 0.05) is 21.7 Å². The minimum absolute atomic E-state index is 0.0179. The summed E-state index contributed by atoms with van der Waals surface area (Å²) >= 11 is 0. The number of carbonyl (C=O) groups is 4. The molecule has 0 amide bonds. The molecule has 0 unspecified atom stereocenters. The third kappa shape index (κ3) is 5.49. The van der Waals surface area contributed by atoms with Crippen molar-refractivity contribution in [3.63, 3.8) is 0 Å². The lowest BCUT2D eigenvalue weighted by Crippen LogP contribution is -2.19. The molecule has 0 saturated heterocycles. The van der Waals surface area contributed by atoms with Crippen LogP contribution < -0.4 is 0 Å². The van der Waals surface area contributed by atoms with Crippen LogP contribution in [0.2, 0.25) is 0 Å². The second-order valence-corrected chi connectivity index (χ2v) is 15.9. The average Bonchev–Trinajstić information content (AvgIpc) is 3.14. The number of aromatic carboxylic acids is 4. The van der Waals surface area contributed by atoms with E-state index < -0.39 is 46.1 Å². The predicted octanol–water partition coefficient (Wildman–Crippen LogP) is 12.4. The van der Waals surface area contributed by atoms with E-state index in [9.17, 15) is 39.6 Å². The Hall–Kier alpha value is -6.28. The molecule has 56 heavy (non-hydrogen) atoms. The Labute approximate surface area is 324 Å². The molecule has 8 nitrogen and oxygen atoms in total. The molecule has 7 aromatic carbocycles. The summed E-state index contributed by atoms with van der Waals surface area (Å²) in [6.45, 7) is 16.6. The first kappa shape index (κ1) is 38.0. The van der Waals surface area contributed by atoms with E-state index in [1.54, 1.807) is 12.1 Å². The van der Waals surface area contributed by atoms with Gasteiger partial charge in [0.15, 0.2) is 0 Å². The van der Waals surface area contributed by atoms with Crippen LogP contribution in [-0.4, -0.2) is 44.3 Å². The molecule has 4 N–H and O–H groups in total. The van der Waals surface area contributed by atoms with E-state index in [1.165, 1.54) is 0 Å². The fourth-order valence-electron chi connectivity index (χ4n) is 9.34. The van der Waals surface area contributed by atoms with Gasteiger partial charge in [0.25, 0.3) is 0 Å². The Morgan fingerprint density at radius 3 is 1.23 bits per heavy atom. The maximum atomic E-state index is 14.3. The Morgan fingerprint density at radius 1 is 0.393 bits per heavy atom. The monoisotopic (exact) mass is 748 g/mol. The fourth-order valence-corrected chi connectivity index (χ4v) is 9.34. The van der Waals surface area contributed by atoms with Crippen molar-refractivity contribution < 1.29 is 39.6 Å². The average molecular weight is 749 g/mol. The van der Waals surface area contributed by atoms with Crippen molar-refractivity contribution >= 4 is 67.0 Å². The molecule has 0 aliphatic rings. The van der Waals surface area contributed by atoms with Gasteiger partial charge >= 0.3 is 23.9 Å². The minimum atomic E-state index is -1.79. The summed E-state index contributed by atoms with van der Waals surface area (Å²) in [5.74, 6) is -6.68. The topological polar surface area (TPSA) is 149 Å². The molecule has 8 heteroatoms. The summed E-state index contributed by atoms with van der Waals surface area (Å²) in [5.41, 5.74) is 3.09. The molecule has 0 radical (unpaired) electrons. The summed E-state index contributed by atoms with van der Waals surface area (Å²) in [7, 11) is 0. The molecule has 0 aromatic heterocycles. The highest BCUT2D eigenvalue weighted by Gasteiger charge is 2.38. The van der Waals surface area contributed by atoms with Crippen molar-refractivity contribution in [3.05, 3.63) is 117 Å². The van der Waals surface area contributed by atoms with Gasteiger partial charge in [0.1, 0.15) is 0 Å². The van der Waals surface area contributed by atoms with Crippen molar-refractivity contribution in [2.45, 2.75) is 79.1 Å². The lowest BCUT2D eigenvalue weighted by molar-refractivity contribution is 0.0635. The molecule has 7 rings (SSSR count). The first-order valence-corrected chi connectivity index (χ1v) is 19.0. The normalized spacial score (nSPS) is 12.1. The van der Waals surface area contributed by atoms with Crippen molar-refractivity contribution in [1.29, 1.82) is 0 Å². The van der Waals surface area contributed by atoms with Gasteiger partial charge in [-0.2, -0.15) is 0 Å². The van der Waals surface area contributed by atoms with Crippen molar-refractivity contribution in [1.82, 2.24) is 0 Å². The number of carboxylic acid groups (broad SMARTS) is 4. The van der Waals surface area contributed by atoms with Gasteiger partial charge in [-0.15, -0.1) is 0 Å². The van der Waals surface area contributed by atoms with Crippen LogP contribution in [-0.2, 0) is 0 Å². The van der Waals surface area contributed by atoms with Gasteiger partial charge < -0.3 is 20.4 Å². The Bertz CT molecular complexity index is 2820. The highest BCUT2D eigenvalue weighted by atomic mass is 16.4. The fraction of sp³-hybridized carbons (Fsp3) is 0.250. The van der Waals surface area contributed by atoms with Crippen molar-refractivity contribution in [2.75, 3.05) is 0 Å². The molecule has 0 atom stereocenters. The number of benzene rings is 7. The zero-order valence-corrected chi connectivity index (χ0v) is 32.7. The van der Waals surface area contributed by atoms with Gasteiger partial charge in [-0.1, -0.05) is 128 Å². The van der Waals surface area contributed by atoms with Gasteiger partial charge in [-0.25, -0.2) is 19.2 Å². The zero-order chi connectivity index (χ0) is 40.7.